The van der Waals surface area contributed by atoms with Crippen molar-refractivity contribution in [3.05, 3.63) is 58.1 Å². The fourth-order valence-electron chi connectivity index (χ4n) is 2.45. The zero-order valence-corrected chi connectivity index (χ0v) is 17.0. The first-order valence-electron chi connectivity index (χ1n) is 7.72. The molecule has 0 aliphatic heterocycles. The minimum Gasteiger partial charge on any atom is -0.324 e. The minimum absolute atomic E-state index is 0.397. The number of amides is 1. The zero-order valence-electron chi connectivity index (χ0n) is 14.6. The molecule has 0 heterocycles. The number of nitrogens with zero attached hydrogens (tertiary/aromatic N) is 1. The second-order valence-corrected chi connectivity index (χ2v) is 8.77. The zero-order chi connectivity index (χ0) is 18.8. The van der Waals surface area contributed by atoms with Crippen molar-refractivity contribution >= 4 is 43.2 Å². The number of hydrogen-bond donors (Lipinski definition) is 1. The Hall–Kier alpha value is -1.86. The number of benzene rings is 2. The molecule has 0 saturated heterocycles. The Labute approximate surface area is 157 Å². The van der Waals surface area contributed by atoms with Gasteiger partial charge in [-0.1, -0.05) is 22.0 Å². The standard InChI is InChI=1S/C18H21BrN2O3S/c1-12-5-10-17(11-13(12)2)21(25(4,23)24)14(3)18(22)20-16-8-6-15(19)7-9-16/h5-11,14H,1-4H3,(H,20,22)/t14-/m0/s1. The lowest BCUT2D eigenvalue weighted by Gasteiger charge is -2.28. The van der Waals surface area contributed by atoms with E-state index < -0.39 is 22.0 Å². The maximum absolute atomic E-state index is 12.6. The molecule has 25 heavy (non-hydrogen) atoms. The Morgan fingerprint density at radius 3 is 2.20 bits per heavy atom. The topological polar surface area (TPSA) is 66.5 Å². The summed E-state index contributed by atoms with van der Waals surface area (Å²) < 4.78 is 26.7. The van der Waals surface area contributed by atoms with Crippen LogP contribution in [-0.4, -0.2) is 26.6 Å². The van der Waals surface area contributed by atoms with Crippen LogP contribution < -0.4 is 9.62 Å². The third-order valence-corrected chi connectivity index (χ3v) is 5.72. The van der Waals surface area contributed by atoms with Gasteiger partial charge in [-0.15, -0.1) is 0 Å². The molecule has 7 heteroatoms. The van der Waals surface area contributed by atoms with Gasteiger partial charge in [0.15, 0.2) is 0 Å². The Kier molecular flexibility index (Phi) is 5.90. The first-order valence-corrected chi connectivity index (χ1v) is 10.4. The monoisotopic (exact) mass is 424 g/mol. The van der Waals surface area contributed by atoms with E-state index in [1.807, 2.05) is 19.9 Å². The van der Waals surface area contributed by atoms with Crippen molar-refractivity contribution in [2.75, 3.05) is 15.9 Å². The van der Waals surface area contributed by atoms with Crippen LogP contribution in [0.3, 0.4) is 0 Å². The van der Waals surface area contributed by atoms with Gasteiger partial charge in [0.1, 0.15) is 6.04 Å². The van der Waals surface area contributed by atoms with E-state index in [4.69, 9.17) is 0 Å². The number of rotatable bonds is 5. The van der Waals surface area contributed by atoms with Crippen molar-refractivity contribution in [1.29, 1.82) is 0 Å². The van der Waals surface area contributed by atoms with Gasteiger partial charge in [-0.3, -0.25) is 9.10 Å². The molecule has 0 aromatic heterocycles. The molecule has 0 saturated carbocycles. The van der Waals surface area contributed by atoms with E-state index in [1.54, 1.807) is 43.3 Å². The molecule has 0 aliphatic rings. The summed E-state index contributed by atoms with van der Waals surface area (Å²) in [6, 6.07) is 11.6. The van der Waals surface area contributed by atoms with Crippen molar-refractivity contribution in [3.63, 3.8) is 0 Å². The van der Waals surface area contributed by atoms with Crippen LogP contribution in [-0.2, 0) is 14.8 Å². The van der Waals surface area contributed by atoms with Gasteiger partial charge in [0.2, 0.25) is 15.9 Å². The number of sulfonamides is 1. The van der Waals surface area contributed by atoms with Crippen molar-refractivity contribution in [2.24, 2.45) is 0 Å². The number of carbonyl (C=O) groups is 1. The number of carbonyl (C=O) groups excluding carboxylic acids is 1. The average molecular weight is 425 g/mol. The fraction of sp³-hybridized carbons (Fsp3) is 0.278. The van der Waals surface area contributed by atoms with E-state index in [-0.39, 0.29) is 0 Å². The van der Waals surface area contributed by atoms with Crippen LogP contribution in [0.15, 0.2) is 46.9 Å². The predicted molar refractivity (Wildman–Crippen MR) is 105 cm³/mol. The summed E-state index contributed by atoms with van der Waals surface area (Å²) in [4.78, 5) is 12.6. The van der Waals surface area contributed by atoms with Gasteiger partial charge in [-0.05, 0) is 68.3 Å². The molecule has 1 amide bonds. The number of hydrogen-bond acceptors (Lipinski definition) is 3. The summed E-state index contributed by atoms with van der Waals surface area (Å²) in [7, 11) is -3.63. The van der Waals surface area contributed by atoms with Gasteiger partial charge in [-0.25, -0.2) is 8.42 Å². The highest BCUT2D eigenvalue weighted by atomic mass is 79.9. The average Bonchev–Trinajstić information content (AvgIpc) is 2.51. The van der Waals surface area contributed by atoms with Crippen LogP contribution in [0.25, 0.3) is 0 Å². The van der Waals surface area contributed by atoms with Crippen LogP contribution in [0, 0.1) is 13.8 Å². The molecule has 2 aromatic rings. The Bertz CT molecular complexity index is 880. The normalized spacial score (nSPS) is 12.5. The molecular formula is C18H21BrN2O3S. The Morgan fingerprint density at radius 1 is 1.08 bits per heavy atom. The lowest BCUT2D eigenvalue weighted by Crippen LogP contribution is -2.45. The van der Waals surface area contributed by atoms with Crippen LogP contribution in [0.1, 0.15) is 18.1 Å². The van der Waals surface area contributed by atoms with Gasteiger partial charge in [0, 0.05) is 10.2 Å². The number of nitrogens with one attached hydrogen (secondary N) is 1. The van der Waals surface area contributed by atoms with Gasteiger partial charge in [0.25, 0.3) is 0 Å². The van der Waals surface area contributed by atoms with E-state index in [0.717, 1.165) is 26.2 Å². The molecule has 134 valence electrons. The Morgan fingerprint density at radius 2 is 1.68 bits per heavy atom. The van der Waals surface area contributed by atoms with E-state index >= 15 is 0 Å². The van der Waals surface area contributed by atoms with Crippen molar-refractivity contribution in [1.82, 2.24) is 0 Å². The van der Waals surface area contributed by atoms with Gasteiger partial charge >= 0.3 is 0 Å². The molecule has 0 aliphatic carbocycles. The summed E-state index contributed by atoms with van der Waals surface area (Å²) in [5, 5.41) is 2.75. The van der Waals surface area contributed by atoms with Crippen molar-refractivity contribution < 1.29 is 13.2 Å². The molecule has 5 nitrogen and oxygen atoms in total. The molecule has 1 N–H and O–H groups in total. The first kappa shape index (κ1) is 19.5. The second-order valence-electron chi connectivity index (χ2n) is 6.00. The first-order chi connectivity index (χ1) is 11.6. The van der Waals surface area contributed by atoms with Crippen molar-refractivity contribution in [2.45, 2.75) is 26.8 Å². The fourth-order valence-corrected chi connectivity index (χ4v) is 3.88. The lowest BCUT2D eigenvalue weighted by atomic mass is 10.1. The maximum Gasteiger partial charge on any atom is 0.247 e. The molecular weight excluding hydrogens is 404 g/mol. The summed E-state index contributed by atoms with van der Waals surface area (Å²) in [6.45, 7) is 5.43. The van der Waals surface area contributed by atoms with Crippen LogP contribution in [0.4, 0.5) is 11.4 Å². The quantitative estimate of drug-likeness (QED) is 0.791. The smallest absolute Gasteiger partial charge is 0.247 e. The lowest BCUT2D eigenvalue weighted by molar-refractivity contribution is -0.116. The highest BCUT2D eigenvalue weighted by Crippen LogP contribution is 2.24. The Balaban J connectivity index is 2.32. The summed E-state index contributed by atoms with van der Waals surface area (Å²) in [6.07, 6.45) is 1.10. The minimum atomic E-state index is -3.63. The third-order valence-electron chi connectivity index (χ3n) is 3.95. The summed E-state index contributed by atoms with van der Waals surface area (Å²) in [5.41, 5.74) is 3.11. The van der Waals surface area contributed by atoms with E-state index in [1.165, 1.54) is 0 Å². The summed E-state index contributed by atoms with van der Waals surface area (Å²) >= 11 is 3.33. The third kappa shape index (κ3) is 4.83. The van der Waals surface area contributed by atoms with E-state index in [0.29, 0.717) is 11.4 Å². The molecule has 2 rings (SSSR count). The SMILES string of the molecule is Cc1ccc(N([C@@H](C)C(=O)Nc2ccc(Br)cc2)S(C)(=O)=O)cc1C. The van der Waals surface area contributed by atoms with Gasteiger partial charge < -0.3 is 5.32 Å². The molecule has 0 unspecified atom stereocenters. The highest BCUT2D eigenvalue weighted by Gasteiger charge is 2.29. The molecule has 0 bridgehead atoms. The van der Waals surface area contributed by atoms with Gasteiger partial charge in [0.05, 0.1) is 11.9 Å². The molecule has 0 radical (unpaired) electrons. The van der Waals surface area contributed by atoms with E-state index in [9.17, 15) is 13.2 Å². The van der Waals surface area contributed by atoms with E-state index in [2.05, 4.69) is 21.2 Å². The number of aryl methyl sites for hydroxylation is 2. The largest absolute Gasteiger partial charge is 0.324 e. The van der Waals surface area contributed by atoms with Gasteiger partial charge in [-0.2, -0.15) is 0 Å². The maximum atomic E-state index is 12.6. The molecule has 2 aromatic carbocycles. The summed E-state index contributed by atoms with van der Waals surface area (Å²) in [5.74, 6) is -0.397. The number of halogens is 1. The number of anilines is 2. The van der Waals surface area contributed by atoms with Crippen LogP contribution in [0.2, 0.25) is 0 Å². The predicted octanol–water partition coefficient (Wildman–Crippen LogP) is 3.86. The van der Waals surface area contributed by atoms with Crippen LogP contribution in [0.5, 0.6) is 0 Å². The van der Waals surface area contributed by atoms with Crippen molar-refractivity contribution in [3.8, 4) is 0 Å². The highest BCUT2D eigenvalue weighted by molar-refractivity contribution is 9.10. The molecule has 0 spiro atoms. The second kappa shape index (κ2) is 7.58. The molecule has 0 fully saturated rings. The van der Waals surface area contributed by atoms with Crippen LogP contribution >= 0.6 is 15.9 Å². The molecule has 1 atom stereocenters.